The van der Waals surface area contributed by atoms with Gasteiger partial charge in [-0.1, -0.05) is 6.82 Å². The lowest BCUT2D eigenvalue weighted by molar-refractivity contribution is 0.665. The molecule has 0 atom stereocenters. The number of hydrogen-bond acceptors (Lipinski definition) is 2. The van der Waals surface area contributed by atoms with Crippen LogP contribution in [-0.2, 0) is 4.57 Å². The summed E-state index contributed by atoms with van der Waals surface area (Å²) in [6.45, 7) is 2.48. The number of hydrogen-bond donors (Lipinski definition) is 1. The van der Waals surface area contributed by atoms with Crippen molar-refractivity contribution < 1.29 is 4.57 Å². The van der Waals surface area contributed by atoms with Gasteiger partial charge in [0.15, 0.2) is 0 Å². The summed E-state index contributed by atoms with van der Waals surface area (Å²) in [5, 5.41) is 0. The second-order valence-corrected chi connectivity index (χ2v) is 0.880. The van der Waals surface area contributed by atoms with E-state index in [1.54, 1.807) is 0 Å². The molecule has 28 valence electrons. The molecule has 0 saturated carbocycles. The average molecular weight is 87.7 g/mol. The standard InChI is InChI=1S/CH6B2OS/c1-2-4-3-5/h2-3,5H,1H3. The third kappa shape index (κ3) is 4.44. The van der Waals surface area contributed by atoms with Crippen LogP contribution in [0.15, 0.2) is 0 Å². The lowest BCUT2D eigenvalue weighted by atomic mass is 10.1. The van der Waals surface area contributed by atoms with E-state index in [0.29, 0.717) is 6.76 Å². The fourth-order valence-electron chi connectivity index (χ4n) is 0.0913. The average Bonchev–Trinajstić information content (AvgIpc) is 1.41. The molecular weight excluding hydrogens is 81.7 g/mol. The molecule has 0 aromatic carbocycles. The maximum absolute atomic E-state index is 4.70. The molecule has 0 fully saturated rings. The maximum Gasteiger partial charge on any atom is 0.323 e. The molecule has 5 heavy (non-hydrogen) atoms. The highest BCUT2D eigenvalue weighted by Gasteiger charge is 1.73. The third-order valence-electron chi connectivity index (χ3n) is 0.295. The van der Waals surface area contributed by atoms with Crippen molar-refractivity contribution >= 4 is 26.7 Å². The van der Waals surface area contributed by atoms with Crippen LogP contribution in [0.1, 0.15) is 0 Å². The minimum absolute atomic E-state index is 0.538. The van der Waals surface area contributed by atoms with Crippen molar-refractivity contribution in [3.8, 4) is 0 Å². The van der Waals surface area contributed by atoms with Crippen LogP contribution in [0.3, 0.4) is 0 Å². The molecule has 0 rings (SSSR count). The first kappa shape index (κ1) is 5.44. The van der Waals surface area contributed by atoms with E-state index in [9.17, 15) is 0 Å². The van der Waals surface area contributed by atoms with Gasteiger partial charge in [-0.25, -0.2) is 0 Å². The topological polar surface area (TPSA) is 9.23 Å². The monoisotopic (exact) mass is 88.0 g/mol. The molecule has 0 spiro atoms. The van der Waals surface area contributed by atoms with Crippen molar-refractivity contribution in [2.24, 2.45) is 0 Å². The molecule has 0 radical (unpaired) electrons. The molecule has 0 saturated heterocycles. The Hall–Kier alpha value is 0.440. The molecule has 4 heteroatoms. The van der Waals surface area contributed by atoms with Crippen LogP contribution in [0.5, 0.6) is 0 Å². The first-order valence-corrected chi connectivity index (χ1v) is 2.23. The summed E-state index contributed by atoms with van der Waals surface area (Å²) in [5.41, 5.74) is 0. The van der Waals surface area contributed by atoms with Crippen molar-refractivity contribution in [1.82, 2.24) is 0 Å². The molecule has 0 N–H and O–H groups in total. The van der Waals surface area contributed by atoms with Gasteiger partial charge in [0.25, 0.3) is 7.48 Å². The Morgan fingerprint density at radius 3 is 2.40 bits per heavy atom. The molecule has 0 unspecified atom stereocenters. The molecule has 0 aliphatic rings. The van der Waals surface area contributed by atoms with Crippen LogP contribution in [0, 0.1) is 0 Å². The highest BCUT2D eigenvalue weighted by Crippen LogP contribution is 1.65. The van der Waals surface area contributed by atoms with Crippen molar-refractivity contribution in [1.29, 1.82) is 0 Å². The van der Waals surface area contributed by atoms with Gasteiger partial charge in [-0.05, 0) is 0 Å². The summed E-state index contributed by atoms with van der Waals surface area (Å²) >= 11 is 3.78. The summed E-state index contributed by atoms with van der Waals surface area (Å²) in [6.07, 6.45) is 0. The molecular formula is CH6B2OS. The summed E-state index contributed by atoms with van der Waals surface area (Å²) in [7, 11) is 0.767. The predicted molar refractivity (Wildman–Crippen MR) is 30.2 cm³/mol. The SMILES string of the molecule is CBOBS. The van der Waals surface area contributed by atoms with Crippen molar-refractivity contribution in [3.05, 3.63) is 0 Å². The highest BCUT2D eigenvalue weighted by molar-refractivity contribution is 8.06. The molecule has 0 heterocycles. The Morgan fingerprint density at radius 1 is 1.80 bits per heavy atom. The predicted octanol–water partition coefficient (Wildman–Crippen LogP) is -0.401. The molecule has 0 aromatic heterocycles. The zero-order chi connectivity index (χ0) is 4.12. The summed E-state index contributed by atoms with van der Waals surface area (Å²) in [6, 6.07) is 0. The van der Waals surface area contributed by atoms with Gasteiger partial charge in [-0.2, -0.15) is 12.5 Å². The van der Waals surface area contributed by atoms with Crippen LogP contribution in [0.4, 0.5) is 0 Å². The van der Waals surface area contributed by atoms with Crippen LogP contribution in [-0.4, -0.2) is 14.2 Å². The zero-order valence-corrected chi connectivity index (χ0v) is 4.16. The van der Waals surface area contributed by atoms with E-state index in [-0.39, 0.29) is 0 Å². The molecule has 0 aliphatic heterocycles. The van der Waals surface area contributed by atoms with Gasteiger partial charge in [0.1, 0.15) is 0 Å². The zero-order valence-electron chi connectivity index (χ0n) is 3.27. The minimum Gasteiger partial charge on any atom is -0.496 e. The summed E-state index contributed by atoms with van der Waals surface area (Å²) in [4.78, 5) is 0. The Kier molecular flexibility index (Phi) is 4.83. The van der Waals surface area contributed by atoms with Gasteiger partial charge < -0.3 is 4.57 Å². The first-order valence-electron chi connectivity index (χ1n) is 1.60. The molecule has 1 nitrogen and oxygen atoms in total. The molecule has 0 aliphatic carbocycles. The molecule has 0 aromatic rings. The Balaban J connectivity index is 2.19. The fourth-order valence-corrected chi connectivity index (χ4v) is 0.274. The Bertz CT molecular complexity index is 17.1. The van der Waals surface area contributed by atoms with E-state index in [0.717, 1.165) is 7.48 Å². The van der Waals surface area contributed by atoms with Crippen molar-refractivity contribution in [2.45, 2.75) is 6.82 Å². The van der Waals surface area contributed by atoms with E-state index in [2.05, 4.69) is 12.5 Å². The second kappa shape index (κ2) is 4.44. The highest BCUT2D eigenvalue weighted by atomic mass is 32.1. The Labute approximate surface area is 39.0 Å². The summed E-state index contributed by atoms with van der Waals surface area (Å²) < 4.78 is 4.70. The first-order chi connectivity index (χ1) is 2.41. The third-order valence-corrected chi connectivity index (χ3v) is 0.478. The van der Waals surface area contributed by atoms with E-state index < -0.39 is 0 Å². The van der Waals surface area contributed by atoms with Crippen LogP contribution < -0.4 is 0 Å². The largest absolute Gasteiger partial charge is 0.496 e. The lowest BCUT2D eigenvalue weighted by Crippen LogP contribution is -1.90. The van der Waals surface area contributed by atoms with Gasteiger partial charge in [0.05, 0.1) is 0 Å². The Morgan fingerprint density at radius 2 is 2.40 bits per heavy atom. The van der Waals surface area contributed by atoms with E-state index in [4.69, 9.17) is 4.57 Å². The van der Waals surface area contributed by atoms with Gasteiger partial charge >= 0.3 is 6.76 Å². The van der Waals surface area contributed by atoms with E-state index >= 15 is 0 Å². The van der Waals surface area contributed by atoms with E-state index in [1.807, 2.05) is 6.82 Å². The van der Waals surface area contributed by atoms with Crippen LogP contribution in [0.25, 0.3) is 0 Å². The van der Waals surface area contributed by atoms with Gasteiger partial charge in [0, 0.05) is 0 Å². The van der Waals surface area contributed by atoms with E-state index in [1.165, 1.54) is 0 Å². The summed E-state index contributed by atoms with van der Waals surface area (Å²) in [5.74, 6) is 0. The molecule has 0 bridgehead atoms. The van der Waals surface area contributed by atoms with Crippen molar-refractivity contribution in [3.63, 3.8) is 0 Å². The minimum atomic E-state index is 0.538. The van der Waals surface area contributed by atoms with Crippen LogP contribution >= 0.6 is 12.5 Å². The van der Waals surface area contributed by atoms with Gasteiger partial charge in [-0.15, -0.1) is 0 Å². The van der Waals surface area contributed by atoms with Crippen molar-refractivity contribution in [2.75, 3.05) is 0 Å². The normalized spacial score (nSPS) is 6.80. The number of rotatable bonds is 2. The van der Waals surface area contributed by atoms with Gasteiger partial charge in [0.2, 0.25) is 0 Å². The smallest absolute Gasteiger partial charge is 0.323 e. The second-order valence-electron chi connectivity index (χ2n) is 0.622. The molecule has 0 amide bonds. The van der Waals surface area contributed by atoms with Crippen LogP contribution in [0.2, 0.25) is 6.82 Å². The van der Waals surface area contributed by atoms with Gasteiger partial charge in [-0.3, -0.25) is 0 Å². The number of thiol groups is 1. The quantitative estimate of drug-likeness (QED) is 0.356. The lowest BCUT2D eigenvalue weighted by Gasteiger charge is -1.82. The fraction of sp³-hybridized carbons (Fsp3) is 1.00. The maximum atomic E-state index is 4.70.